The van der Waals surface area contributed by atoms with Crippen LogP contribution >= 0.6 is 0 Å². The van der Waals surface area contributed by atoms with Crippen LogP contribution in [0.25, 0.3) is 0 Å². The topological polar surface area (TPSA) is 48.4 Å². The van der Waals surface area contributed by atoms with Gasteiger partial charge in [0, 0.05) is 12.3 Å². The molecule has 4 heteroatoms. The Kier molecular flexibility index (Phi) is 7.63. The molecule has 0 fully saturated rings. The molecule has 0 saturated heterocycles. The summed E-state index contributed by atoms with van der Waals surface area (Å²) in [5.74, 6) is 0.101. The van der Waals surface area contributed by atoms with Crippen LogP contribution in [0, 0.1) is 0 Å². The van der Waals surface area contributed by atoms with Crippen molar-refractivity contribution in [2.24, 2.45) is 0 Å². The van der Waals surface area contributed by atoms with Gasteiger partial charge in [0.25, 0.3) is 0 Å². The van der Waals surface area contributed by atoms with Crippen molar-refractivity contribution < 1.29 is 14.3 Å². The van der Waals surface area contributed by atoms with Gasteiger partial charge in [-0.15, -0.1) is 0 Å². The summed E-state index contributed by atoms with van der Waals surface area (Å²) in [5.41, 5.74) is 0. The monoisotopic (exact) mass is 265 g/mol. The Morgan fingerprint density at radius 3 is 2.84 bits per heavy atom. The minimum absolute atomic E-state index is 0.0447. The molecule has 0 aromatic carbocycles. The van der Waals surface area contributed by atoms with E-state index in [9.17, 15) is 4.79 Å². The number of hydrogen-bond acceptors (Lipinski definition) is 4. The summed E-state index contributed by atoms with van der Waals surface area (Å²) >= 11 is 0. The molecule has 0 N–H and O–H groups in total. The second kappa shape index (κ2) is 9.36. The van der Waals surface area contributed by atoms with Crippen molar-refractivity contribution in [3.8, 4) is 5.88 Å². The van der Waals surface area contributed by atoms with Gasteiger partial charge in [-0.25, -0.2) is 9.78 Å². The first-order chi connectivity index (χ1) is 9.22. The Bertz CT molecular complexity index is 354. The zero-order valence-corrected chi connectivity index (χ0v) is 11.8. The molecule has 106 valence electrons. The molecular weight excluding hydrogens is 242 g/mol. The van der Waals surface area contributed by atoms with Gasteiger partial charge in [0.1, 0.15) is 0 Å². The third-order valence-corrected chi connectivity index (χ3v) is 2.77. The van der Waals surface area contributed by atoms with Gasteiger partial charge in [-0.3, -0.25) is 0 Å². The number of aromatic nitrogens is 1. The van der Waals surface area contributed by atoms with Gasteiger partial charge in [0.05, 0.1) is 6.10 Å². The summed E-state index contributed by atoms with van der Waals surface area (Å²) in [7, 11) is 0. The minimum Gasteiger partial charge on any atom is -0.466 e. The summed E-state index contributed by atoms with van der Waals surface area (Å²) in [5, 5.41) is 0. The maximum absolute atomic E-state index is 11.5. The normalized spacial score (nSPS) is 11.9. The fraction of sp³-hybridized carbons (Fsp3) is 0.600. The molecular formula is C15H23NO3. The number of rotatable bonds is 9. The number of carbonyl (C=O) groups excluding carboxylic acids is 1. The maximum atomic E-state index is 11.5. The quantitative estimate of drug-likeness (QED) is 0.507. The van der Waals surface area contributed by atoms with Crippen molar-refractivity contribution in [2.75, 3.05) is 6.61 Å². The molecule has 0 amide bonds. The molecule has 0 saturated carbocycles. The molecule has 0 radical (unpaired) electrons. The standard InChI is InChI=1S/C15H23NO3/c1-3-4-5-6-9-13(2)19-15(17)12-18-14-10-7-8-11-16-14/h7-8,10-11,13H,3-6,9,12H2,1-2H3. The van der Waals surface area contributed by atoms with Gasteiger partial charge in [-0.1, -0.05) is 32.3 Å². The minimum atomic E-state index is -0.339. The van der Waals surface area contributed by atoms with Gasteiger partial charge in [-0.2, -0.15) is 0 Å². The number of unbranched alkanes of at least 4 members (excludes halogenated alkanes) is 3. The average molecular weight is 265 g/mol. The van der Waals surface area contributed by atoms with Crippen LogP contribution in [0.5, 0.6) is 5.88 Å². The Morgan fingerprint density at radius 1 is 1.32 bits per heavy atom. The first kappa shape index (κ1) is 15.5. The molecule has 1 heterocycles. The number of pyridine rings is 1. The molecule has 1 aromatic rings. The molecule has 0 aliphatic rings. The smallest absolute Gasteiger partial charge is 0.344 e. The molecule has 0 aliphatic heterocycles. The van der Waals surface area contributed by atoms with E-state index in [0.29, 0.717) is 5.88 Å². The Morgan fingerprint density at radius 2 is 2.16 bits per heavy atom. The van der Waals surface area contributed by atoms with Crippen molar-refractivity contribution in [1.29, 1.82) is 0 Å². The van der Waals surface area contributed by atoms with Crippen LogP contribution in [0.4, 0.5) is 0 Å². The Labute approximate surface area is 115 Å². The van der Waals surface area contributed by atoms with Crippen molar-refractivity contribution in [1.82, 2.24) is 4.98 Å². The summed E-state index contributed by atoms with van der Waals surface area (Å²) < 4.78 is 10.5. The highest BCUT2D eigenvalue weighted by atomic mass is 16.6. The van der Waals surface area contributed by atoms with E-state index < -0.39 is 0 Å². The summed E-state index contributed by atoms with van der Waals surface area (Å²) in [6.45, 7) is 4.01. The van der Waals surface area contributed by atoms with Crippen molar-refractivity contribution >= 4 is 5.97 Å². The largest absolute Gasteiger partial charge is 0.466 e. The third-order valence-electron chi connectivity index (χ3n) is 2.77. The molecule has 0 bridgehead atoms. The lowest BCUT2D eigenvalue weighted by Crippen LogP contribution is -2.20. The van der Waals surface area contributed by atoms with E-state index in [1.165, 1.54) is 19.3 Å². The van der Waals surface area contributed by atoms with E-state index in [4.69, 9.17) is 9.47 Å². The molecule has 19 heavy (non-hydrogen) atoms. The fourth-order valence-electron chi connectivity index (χ4n) is 1.74. The van der Waals surface area contributed by atoms with E-state index in [2.05, 4.69) is 11.9 Å². The van der Waals surface area contributed by atoms with E-state index in [-0.39, 0.29) is 18.7 Å². The van der Waals surface area contributed by atoms with Gasteiger partial charge in [0.15, 0.2) is 6.61 Å². The van der Waals surface area contributed by atoms with Crippen molar-refractivity contribution in [3.63, 3.8) is 0 Å². The Hall–Kier alpha value is -1.58. The Balaban J connectivity index is 2.13. The number of carbonyl (C=O) groups is 1. The fourth-order valence-corrected chi connectivity index (χ4v) is 1.74. The van der Waals surface area contributed by atoms with Gasteiger partial charge in [-0.05, 0) is 25.8 Å². The van der Waals surface area contributed by atoms with Crippen LogP contribution in [-0.4, -0.2) is 23.7 Å². The first-order valence-electron chi connectivity index (χ1n) is 6.95. The highest BCUT2D eigenvalue weighted by Crippen LogP contribution is 2.08. The van der Waals surface area contributed by atoms with Crippen molar-refractivity contribution in [2.45, 2.75) is 52.1 Å². The van der Waals surface area contributed by atoms with Crippen LogP contribution in [0.1, 0.15) is 46.0 Å². The van der Waals surface area contributed by atoms with Crippen LogP contribution in [0.3, 0.4) is 0 Å². The maximum Gasteiger partial charge on any atom is 0.344 e. The van der Waals surface area contributed by atoms with E-state index in [1.807, 2.05) is 13.0 Å². The van der Waals surface area contributed by atoms with E-state index >= 15 is 0 Å². The lowest BCUT2D eigenvalue weighted by Gasteiger charge is -2.13. The zero-order chi connectivity index (χ0) is 13.9. The van der Waals surface area contributed by atoms with Gasteiger partial charge < -0.3 is 9.47 Å². The second-order valence-corrected chi connectivity index (χ2v) is 4.61. The third kappa shape index (κ3) is 7.44. The van der Waals surface area contributed by atoms with Crippen molar-refractivity contribution in [3.05, 3.63) is 24.4 Å². The molecule has 4 nitrogen and oxygen atoms in total. The number of nitrogens with zero attached hydrogens (tertiary/aromatic N) is 1. The SMILES string of the molecule is CCCCCCC(C)OC(=O)COc1ccccn1. The highest BCUT2D eigenvalue weighted by molar-refractivity contribution is 5.71. The van der Waals surface area contributed by atoms with E-state index in [0.717, 1.165) is 12.8 Å². The predicted molar refractivity (Wildman–Crippen MR) is 74.0 cm³/mol. The number of hydrogen-bond donors (Lipinski definition) is 0. The highest BCUT2D eigenvalue weighted by Gasteiger charge is 2.10. The zero-order valence-electron chi connectivity index (χ0n) is 11.8. The molecule has 1 unspecified atom stereocenters. The number of ether oxygens (including phenoxy) is 2. The van der Waals surface area contributed by atoms with Crippen LogP contribution in [-0.2, 0) is 9.53 Å². The second-order valence-electron chi connectivity index (χ2n) is 4.61. The average Bonchev–Trinajstić information content (AvgIpc) is 2.42. The predicted octanol–water partition coefficient (Wildman–Crippen LogP) is 3.36. The molecule has 0 spiro atoms. The van der Waals surface area contributed by atoms with Crippen LogP contribution in [0.2, 0.25) is 0 Å². The summed E-state index contributed by atoms with van der Waals surface area (Å²) in [6, 6.07) is 5.31. The van der Waals surface area contributed by atoms with Gasteiger partial charge in [0.2, 0.25) is 5.88 Å². The van der Waals surface area contributed by atoms with Crippen LogP contribution in [0.15, 0.2) is 24.4 Å². The summed E-state index contributed by atoms with van der Waals surface area (Å²) in [4.78, 5) is 15.5. The molecule has 1 aromatic heterocycles. The summed E-state index contributed by atoms with van der Waals surface area (Å²) in [6.07, 6.45) is 7.24. The number of esters is 1. The van der Waals surface area contributed by atoms with Crippen LogP contribution < -0.4 is 4.74 Å². The lowest BCUT2D eigenvalue weighted by molar-refractivity contribution is -0.151. The molecule has 0 aliphatic carbocycles. The van der Waals surface area contributed by atoms with E-state index in [1.54, 1.807) is 18.3 Å². The lowest BCUT2D eigenvalue weighted by atomic mass is 10.1. The van der Waals surface area contributed by atoms with Gasteiger partial charge >= 0.3 is 5.97 Å². The molecule has 1 atom stereocenters. The first-order valence-corrected chi connectivity index (χ1v) is 6.95. The molecule has 1 rings (SSSR count).